The van der Waals surface area contributed by atoms with E-state index in [1.807, 2.05) is 18.2 Å². The number of hydrazine groups is 2. The molecule has 40 heavy (non-hydrogen) atoms. The fourth-order valence-corrected chi connectivity index (χ4v) is 3.87. The molecule has 0 atom stereocenters. The maximum atomic E-state index is 12.9. The molecule has 15 heteroatoms. The molecule has 0 aliphatic carbocycles. The predicted octanol–water partition coefficient (Wildman–Crippen LogP) is 1.89. The number of rotatable bonds is 12. The molecule has 12 nitrogen and oxygen atoms in total. The number of furan rings is 2. The lowest BCUT2D eigenvalue weighted by atomic mass is 10.2. The summed E-state index contributed by atoms with van der Waals surface area (Å²) in [6, 6.07) is 7.29. The van der Waals surface area contributed by atoms with Crippen molar-refractivity contribution in [2.75, 3.05) is 20.1 Å². The molecule has 3 aromatic rings. The van der Waals surface area contributed by atoms with Crippen LogP contribution in [0.25, 0.3) is 11.2 Å². The highest BCUT2D eigenvalue weighted by atomic mass is 19.4. The summed E-state index contributed by atoms with van der Waals surface area (Å²) >= 11 is 0. The van der Waals surface area contributed by atoms with Gasteiger partial charge in [-0.15, -0.1) is 5.12 Å². The second kappa shape index (κ2) is 12.5. The largest absolute Gasteiger partial charge is 0.457 e. The molecular formula is C25H28F3N9O3. The summed E-state index contributed by atoms with van der Waals surface area (Å²) in [7, 11) is 1.72. The quantitative estimate of drug-likeness (QED) is 0.114. The maximum Gasteiger partial charge on any atom is 0.416 e. The van der Waals surface area contributed by atoms with Gasteiger partial charge in [0.05, 0.1) is 24.0 Å². The zero-order chi connectivity index (χ0) is 28.7. The van der Waals surface area contributed by atoms with E-state index in [1.165, 1.54) is 6.21 Å². The third kappa shape index (κ3) is 7.25. The number of nitrogens with two attached hydrogens (primary N) is 1. The number of hydrogen-bond donors (Lipinski definition) is 4. The van der Waals surface area contributed by atoms with E-state index in [4.69, 9.17) is 10.3 Å². The zero-order valence-electron chi connectivity index (χ0n) is 21.5. The third-order valence-corrected chi connectivity index (χ3v) is 5.97. The third-order valence-electron chi connectivity index (χ3n) is 5.97. The first kappa shape index (κ1) is 28.4. The first-order valence-electron chi connectivity index (χ1n) is 12.3. The average Bonchev–Trinajstić information content (AvgIpc) is 3.66. The lowest BCUT2D eigenvalue weighted by Crippen LogP contribution is -2.41. The molecule has 0 spiro atoms. The number of benzene rings is 1. The lowest BCUT2D eigenvalue weighted by molar-refractivity contribution is -0.137. The van der Waals surface area contributed by atoms with Crippen molar-refractivity contribution < 1.29 is 27.2 Å². The molecular weight excluding hydrogens is 531 g/mol. The van der Waals surface area contributed by atoms with Crippen molar-refractivity contribution in [1.29, 1.82) is 0 Å². The molecule has 1 aliphatic heterocycles. The number of halogens is 3. The number of aliphatic imine (C=N–C) groups is 1. The van der Waals surface area contributed by atoms with Crippen LogP contribution in [0.15, 0.2) is 62.9 Å². The Hall–Kier alpha value is -4.66. The van der Waals surface area contributed by atoms with Crippen LogP contribution in [-0.2, 0) is 28.9 Å². The molecule has 4 heterocycles. The van der Waals surface area contributed by atoms with Gasteiger partial charge in [-0.25, -0.2) is 0 Å². The summed E-state index contributed by atoms with van der Waals surface area (Å²) < 4.78 is 44.0. The molecule has 5 N–H and O–H groups in total. The van der Waals surface area contributed by atoms with E-state index in [-0.39, 0.29) is 30.2 Å². The average molecular weight is 560 g/mol. The Morgan fingerprint density at radius 1 is 1.18 bits per heavy atom. The number of hydrazone groups is 1. The van der Waals surface area contributed by atoms with Gasteiger partial charge in [0, 0.05) is 44.6 Å². The Balaban J connectivity index is 1.16. The van der Waals surface area contributed by atoms with E-state index in [2.05, 4.69) is 31.1 Å². The van der Waals surface area contributed by atoms with E-state index < -0.39 is 23.6 Å². The summed E-state index contributed by atoms with van der Waals surface area (Å²) in [6.07, 6.45) is 0.895. The maximum absolute atomic E-state index is 12.9. The van der Waals surface area contributed by atoms with Crippen molar-refractivity contribution >= 4 is 34.9 Å². The SMILES string of the molecule is CN1NC(C(=O)NCc2cc(C(F)(F)F)ccn2)=CN1CCCCN=CC(=NN)C(=O)NCc1cc2ccc1o2. The number of alkyl halides is 3. The Kier molecular flexibility index (Phi) is 8.83. The lowest BCUT2D eigenvalue weighted by Gasteiger charge is -2.24. The van der Waals surface area contributed by atoms with Crippen LogP contribution >= 0.6 is 0 Å². The van der Waals surface area contributed by atoms with Crippen LogP contribution in [0.1, 0.15) is 29.7 Å². The molecule has 0 fully saturated rings. The second-order valence-electron chi connectivity index (χ2n) is 8.87. The summed E-state index contributed by atoms with van der Waals surface area (Å²) in [5.41, 5.74) is 4.71. The number of nitrogens with zero attached hydrogens (tertiary/aromatic N) is 5. The van der Waals surface area contributed by atoms with Crippen molar-refractivity contribution in [2.24, 2.45) is 15.9 Å². The molecule has 2 bridgehead atoms. The molecule has 2 amide bonds. The fourth-order valence-electron chi connectivity index (χ4n) is 3.87. The van der Waals surface area contributed by atoms with Crippen molar-refractivity contribution in [1.82, 2.24) is 31.2 Å². The number of fused-ring (bicyclic) bond motifs is 2. The number of carbonyl (C=O) groups excluding carboxylic acids is 2. The van der Waals surface area contributed by atoms with Crippen LogP contribution in [0.2, 0.25) is 0 Å². The van der Waals surface area contributed by atoms with Crippen LogP contribution in [0.3, 0.4) is 0 Å². The zero-order valence-corrected chi connectivity index (χ0v) is 21.5. The number of nitrogens with one attached hydrogen (secondary N) is 3. The Morgan fingerprint density at radius 3 is 2.70 bits per heavy atom. The Bertz CT molecular complexity index is 1420. The molecule has 212 valence electrons. The number of unbranched alkanes of at least 4 members (excludes halogenated alkanes) is 1. The minimum atomic E-state index is -4.49. The van der Waals surface area contributed by atoms with E-state index in [0.29, 0.717) is 31.5 Å². The highest BCUT2D eigenvalue weighted by molar-refractivity contribution is 6.60. The number of pyridine rings is 1. The standard InChI is InChI=1S/C25H28F3N9O3/c1-36-35-21(24(39)33-13-18-11-17(6-8-31-18)25(26,27)28)15-37(36)9-3-2-7-30-14-20(34-29)23(38)32-12-16-10-19-4-5-22(16)40-19/h4-6,8,10-11,14-15,35H,2-3,7,9,12-13,29H2,1H3,(H,32,38)(H,33,39). The van der Waals surface area contributed by atoms with Gasteiger partial charge in [-0.3, -0.25) is 30.0 Å². The van der Waals surface area contributed by atoms with Crippen molar-refractivity contribution in [3.8, 4) is 0 Å². The number of hydrogen-bond acceptors (Lipinski definition) is 10. The second-order valence-corrected chi connectivity index (χ2v) is 8.87. The monoisotopic (exact) mass is 559 g/mol. The molecule has 0 unspecified atom stereocenters. The van der Waals surface area contributed by atoms with Crippen LogP contribution in [0.5, 0.6) is 0 Å². The molecule has 4 rings (SSSR count). The smallest absolute Gasteiger partial charge is 0.416 e. The van der Waals surface area contributed by atoms with Gasteiger partial charge in [0.1, 0.15) is 16.9 Å². The normalized spacial score (nSPS) is 14.7. The van der Waals surface area contributed by atoms with Gasteiger partial charge in [0.15, 0.2) is 5.71 Å². The molecule has 0 radical (unpaired) electrons. The summed E-state index contributed by atoms with van der Waals surface area (Å²) in [4.78, 5) is 32.9. The van der Waals surface area contributed by atoms with Gasteiger partial charge in [0.2, 0.25) is 0 Å². The topological polar surface area (TPSA) is 153 Å². The van der Waals surface area contributed by atoms with Crippen molar-refractivity contribution in [3.05, 3.63) is 65.2 Å². The highest BCUT2D eigenvalue weighted by Crippen LogP contribution is 2.29. The summed E-state index contributed by atoms with van der Waals surface area (Å²) in [5, 5.41) is 12.2. The van der Waals surface area contributed by atoms with Gasteiger partial charge in [-0.2, -0.15) is 18.3 Å². The highest BCUT2D eigenvalue weighted by Gasteiger charge is 2.30. The van der Waals surface area contributed by atoms with E-state index in [9.17, 15) is 22.8 Å². The van der Waals surface area contributed by atoms with Gasteiger partial charge in [0.25, 0.3) is 11.8 Å². The van der Waals surface area contributed by atoms with Gasteiger partial charge in [-0.05, 0) is 43.2 Å². The summed E-state index contributed by atoms with van der Waals surface area (Å²) in [5.74, 6) is 4.41. The van der Waals surface area contributed by atoms with Gasteiger partial charge in [-0.1, -0.05) is 0 Å². The minimum absolute atomic E-state index is 0.000247. The van der Waals surface area contributed by atoms with Gasteiger partial charge < -0.3 is 20.9 Å². The number of amides is 2. The van der Waals surface area contributed by atoms with E-state index in [0.717, 1.165) is 29.5 Å². The first-order chi connectivity index (χ1) is 19.1. The summed E-state index contributed by atoms with van der Waals surface area (Å²) in [6.45, 7) is 1.12. The number of aromatic nitrogens is 1. The van der Waals surface area contributed by atoms with Crippen LogP contribution < -0.4 is 21.9 Å². The van der Waals surface area contributed by atoms with Crippen LogP contribution in [0, 0.1) is 0 Å². The molecule has 0 saturated heterocycles. The molecule has 3 aromatic heterocycles. The first-order valence-corrected chi connectivity index (χ1v) is 12.3. The van der Waals surface area contributed by atoms with Crippen molar-refractivity contribution in [3.63, 3.8) is 0 Å². The van der Waals surface area contributed by atoms with Crippen molar-refractivity contribution in [2.45, 2.75) is 32.1 Å². The number of carbonyl (C=O) groups is 2. The minimum Gasteiger partial charge on any atom is -0.457 e. The predicted molar refractivity (Wildman–Crippen MR) is 140 cm³/mol. The Morgan fingerprint density at radius 2 is 2.00 bits per heavy atom. The fraction of sp³-hybridized carbons (Fsp3) is 0.320. The molecule has 0 aromatic carbocycles. The van der Waals surface area contributed by atoms with Crippen LogP contribution in [-0.4, -0.2) is 59.0 Å². The van der Waals surface area contributed by atoms with E-state index >= 15 is 0 Å². The van der Waals surface area contributed by atoms with Crippen LogP contribution in [0.4, 0.5) is 13.2 Å². The Labute approximate surface area is 227 Å². The van der Waals surface area contributed by atoms with Gasteiger partial charge >= 0.3 is 6.18 Å². The van der Waals surface area contributed by atoms with E-state index in [1.54, 1.807) is 23.4 Å². The molecule has 0 saturated carbocycles. The molecule has 1 aliphatic rings.